The van der Waals surface area contributed by atoms with E-state index in [0.29, 0.717) is 42.3 Å². The van der Waals surface area contributed by atoms with Crippen LogP contribution in [0.1, 0.15) is 75.6 Å². The highest BCUT2D eigenvalue weighted by Gasteiger charge is 2.32. The first-order valence-electron chi connectivity index (χ1n) is 10.7. The van der Waals surface area contributed by atoms with Gasteiger partial charge in [0.05, 0.1) is 17.9 Å². The zero-order chi connectivity index (χ0) is 20.1. The fourth-order valence-electron chi connectivity index (χ4n) is 4.44. The molecule has 1 saturated carbocycles. The standard InChI is InChI=1S/C20H34N4O3S/c1-16-20(28(26,27)23-13-8-9-14-23)17(2)24(22-16)15-12-19(25)21-18-10-6-4-3-5-7-11-18/h18H,3-15H2,1-2H3,(H,21,25). The van der Waals surface area contributed by atoms with Gasteiger partial charge in [-0.15, -0.1) is 0 Å². The summed E-state index contributed by atoms with van der Waals surface area (Å²) in [5.74, 6) is 0.0297. The number of nitrogens with zero attached hydrogens (tertiary/aromatic N) is 3. The molecule has 8 heteroatoms. The van der Waals surface area contributed by atoms with E-state index in [1.807, 2.05) is 0 Å². The highest BCUT2D eigenvalue weighted by molar-refractivity contribution is 7.89. The van der Waals surface area contributed by atoms with E-state index in [1.54, 1.807) is 22.8 Å². The van der Waals surface area contributed by atoms with E-state index in [1.165, 1.54) is 32.1 Å². The third kappa shape index (κ3) is 4.95. The monoisotopic (exact) mass is 410 g/mol. The van der Waals surface area contributed by atoms with Gasteiger partial charge in [0.25, 0.3) is 0 Å². The van der Waals surface area contributed by atoms with Crippen molar-refractivity contribution in [2.75, 3.05) is 13.1 Å². The van der Waals surface area contributed by atoms with Crippen LogP contribution < -0.4 is 5.32 Å². The maximum Gasteiger partial charge on any atom is 0.246 e. The van der Waals surface area contributed by atoms with Crippen molar-refractivity contribution in [3.63, 3.8) is 0 Å². The minimum atomic E-state index is -3.50. The van der Waals surface area contributed by atoms with Crippen LogP contribution in [0, 0.1) is 13.8 Å². The average Bonchev–Trinajstić information content (AvgIpc) is 3.24. The van der Waals surface area contributed by atoms with Crippen LogP contribution in [0.15, 0.2) is 4.90 Å². The molecule has 158 valence electrons. The number of hydrogen-bond acceptors (Lipinski definition) is 4. The van der Waals surface area contributed by atoms with Gasteiger partial charge in [-0.1, -0.05) is 32.1 Å². The predicted octanol–water partition coefficient (Wildman–Crippen LogP) is 2.90. The Kier molecular flexibility index (Phi) is 7.15. The van der Waals surface area contributed by atoms with Gasteiger partial charge in [-0.25, -0.2) is 8.42 Å². The van der Waals surface area contributed by atoms with Gasteiger partial charge in [0, 0.05) is 25.6 Å². The van der Waals surface area contributed by atoms with Crippen molar-refractivity contribution in [2.24, 2.45) is 0 Å². The fourth-order valence-corrected chi connectivity index (χ4v) is 6.33. The normalized spacial score (nSPS) is 20.1. The first kappa shape index (κ1) is 21.3. The number of aromatic nitrogens is 2. The number of amides is 1. The number of rotatable bonds is 6. The molecule has 1 N–H and O–H groups in total. The molecule has 2 heterocycles. The van der Waals surface area contributed by atoms with Gasteiger partial charge in [0.1, 0.15) is 4.90 Å². The summed E-state index contributed by atoms with van der Waals surface area (Å²) in [5.41, 5.74) is 1.15. The molecule has 2 aliphatic rings. The summed E-state index contributed by atoms with van der Waals surface area (Å²) in [6.45, 7) is 5.09. The van der Waals surface area contributed by atoms with Gasteiger partial charge < -0.3 is 5.32 Å². The number of carbonyl (C=O) groups is 1. The molecule has 0 bridgehead atoms. The lowest BCUT2D eigenvalue weighted by molar-refractivity contribution is -0.122. The molecule has 0 atom stereocenters. The average molecular weight is 411 g/mol. The van der Waals surface area contributed by atoms with Crippen molar-refractivity contribution in [3.8, 4) is 0 Å². The molecule has 1 aliphatic heterocycles. The third-order valence-electron chi connectivity index (χ3n) is 6.00. The lowest BCUT2D eigenvalue weighted by Crippen LogP contribution is -2.35. The molecule has 2 fully saturated rings. The first-order valence-corrected chi connectivity index (χ1v) is 12.2. The lowest BCUT2D eigenvalue weighted by atomic mass is 9.96. The van der Waals surface area contributed by atoms with Gasteiger partial charge in [-0.3, -0.25) is 9.48 Å². The molecule has 1 amide bonds. The summed E-state index contributed by atoms with van der Waals surface area (Å²) in [6, 6.07) is 0.277. The SMILES string of the molecule is Cc1nn(CCC(=O)NC2CCCCCCC2)c(C)c1S(=O)(=O)N1CCCC1. The van der Waals surface area contributed by atoms with Crippen molar-refractivity contribution < 1.29 is 13.2 Å². The van der Waals surface area contributed by atoms with Crippen LogP contribution >= 0.6 is 0 Å². The number of nitrogens with one attached hydrogen (secondary N) is 1. The van der Waals surface area contributed by atoms with E-state index < -0.39 is 10.0 Å². The molecule has 0 unspecified atom stereocenters. The number of carbonyl (C=O) groups excluding carboxylic acids is 1. The molecule has 1 aliphatic carbocycles. The molecule has 28 heavy (non-hydrogen) atoms. The Morgan fingerprint density at radius 1 is 1.04 bits per heavy atom. The smallest absolute Gasteiger partial charge is 0.246 e. The second kappa shape index (κ2) is 9.39. The predicted molar refractivity (Wildman–Crippen MR) is 109 cm³/mol. The molecule has 1 aromatic rings. The largest absolute Gasteiger partial charge is 0.353 e. The van der Waals surface area contributed by atoms with Gasteiger partial charge in [0.15, 0.2) is 0 Å². The zero-order valence-electron chi connectivity index (χ0n) is 17.2. The number of aryl methyl sites for hydroxylation is 2. The molecule has 1 aromatic heterocycles. The van der Waals surface area contributed by atoms with E-state index >= 15 is 0 Å². The zero-order valence-corrected chi connectivity index (χ0v) is 18.1. The Bertz CT molecular complexity index is 774. The maximum absolute atomic E-state index is 12.9. The van der Waals surface area contributed by atoms with Crippen LogP contribution in [0.4, 0.5) is 0 Å². The van der Waals surface area contributed by atoms with Crippen molar-refractivity contribution >= 4 is 15.9 Å². The van der Waals surface area contributed by atoms with E-state index in [2.05, 4.69) is 10.4 Å². The van der Waals surface area contributed by atoms with Gasteiger partial charge in [-0.05, 0) is 39.5 Å². The van der Waals surface area contributed by atoms with Crippen molar-refractivity contribution in [2.45, 2.75) is 95.5 Å². The molecular formula is C20H34N4O3S. The first-order chi connectivity index (χ1) is 13.4. The van der Waals surface area contributed by atoms with E-state index in [-0.39, 0.29) is 11.9 Å². The highest BCUT2D eigenvalue weighted by atomic mass is 32.2. The van der Waals surface area contributed by atoms with Crippen molar-refractivity contribution in [1.29, 1.82) is 0 Å². The maximum atomic E-state index is 12.9. The Morgan fingerprint density at radius 2 is 1.64 bits per heavy atom. The van der Waals surface area contributed by atoms with Crippen molar-refractivity contribution in [1.82, 2.24) is 19.4 Å². The van der Waals surface area contributed by atoms with Gasteiger partial charge >= 0.3 is 0 Å². The van der Waals surface area contributed by atoms with Gasteiger partial charge in [-0.2, -0.15) is 9.40 Å². The van der Waals surface area contributed by atoms with Crippen LogP contribution in [0.3, 0.4) is 0 Å². The summed E-state index contributed by atoms with van der Waals surface area (Å²) in [6.07, 6.45) is 10.4. The number of hydrogen-bond donors (Lipinski definition) is 1. The third-order valence-corrected chi connectivity index (χ3v) is 8.15. The lowest BCUT2D eigenvalue weighted by Gasteiger charge is -2.21. The van der Waals surface area contributed by atoms with E-state index in [9.17, 15) is 13.2 Å². The Balaban J connectivity index is 1.61. The summed E-state index contributed by atoms with van der Waals surface area (Å²) < 4.78 is 29.1. The van der Waals surface area contributed by atoms with E-state index in [0.717, 1.165) is 25.7 Å². The summed E-state index contributed by atoms with van der Waals surface area (Å²) in [5, 5.41) is 7.59. The molecule has 7 nitrogen and oxygen atoms in total. The fraction of sp³-hybridized carbons (Fsp3) is 0.800. The minimum absolute atomic E-state index is 0.0297. The Hall–Kier alpha value is -1.41. The second-order valence-electron chi connectivity index (χ2n) is 8.19. The van der Waals surface area contributed by atoms with Crippen LogP contribution in [-0.4, -0.2) is 47.5 Å². The Morgan fingerprint density at radius 3 is 2.29 bits per heavy atom. The molecule has 1 saturated heterocycles. The van der Waals surface area contributed by atoms with Crippen LogP contribution in [0.25, 0.3) is 0 Å². The van der Waals surface area contributed by atoms with Crippen LogP contribution in [0.2, 0.25) is 0 Å². The van der Waals surface area contributed by atoms with Crippen molar-refractivity contribution in [3.05, 3.63) is 11.4 Å². The summed E-state index contributed by atoms with van der Waals surface area (Å²) in [4.78, 5) is 12.7. The number of sulfonamides is 1. The van der Waals surface area contributed by atoms with Gasteiger partial charge in [0.2, 0.25) is 15.9 Å². The molecule has 3 rings (SSSR count). The molecule has 0 spiro atoms. The molecule has 0 radical (unpaired) electrons. The second-order valence-corrected chi connectivity index (χ2v) is 10.1. The molecular weight excluding hydrogens is 376 g/mol. The highest BCUT2D eigenvalue weighted by Crippen LogP contribution is 2.26. The quantitative estimate of drug-likeness (QED) is 0.781. The van der Waals surface area contributed by atoms with Crippen LogP contribution in [0.5, 0.6) is 0 Å². The van der Waals surface area contributed by atoms with E-state index in [4.69, 9.17) is 0 Å². The summed E-state index contributed by atoms with van der Waals surface area (Å²) in [7, 11) is -3.50. The minimum Gasteiger partial charge on any atom is -0.353 e. The Labute approximate surface area is 168 Å². The topological polar surface area (TPSA) is 84.3 Å². The van der Waals surface area contributed by atoms with Crippen LogP contribution in [-0.2, 0) is 21.4 Å². The molecule has 0 aromatic carbocycles. The summed E-state index contributed by atoms with van der Waals surface area (Å²) >= 11 is 0.